The summed E-state index contributed by atoms with van der Waals surface area (Å²) in [4.78, 5) is 26.1. The molecule has 0 radical (unpaired) electrons. The Kier molecular flexibility index (Phi) is 4.38. The number of aromatic nitrogens is 2. The minimum absolute atomic E-state index is 0.242. The van der Waals surface area contributed by atoms with Crippen LogP contribution in [0.1, 0.15) is 36.1 Å². The molecule has 1 aliphatic carbocycles. The van der Waals surface area contributed by atoms with Gasteiger partial charge in [0.2, 0.25) is 5.91 Å². The first-order chi connectivity index (χ1) is 12.2. The Morgan fingerprint density at radius 3 is 2.84 bits per heavy atom. The Morgan fingerprint density at radius 1 is 1.24 bits per heavy atom. The minimum Gasteiger partial charge on any atom is -0.350 e. The summed E-state index contributed by atoms with van der Waals surface area (Å²) in [6.07, 6.45) is 6.98. The molecular weight excluding hydrogens is 312 g/mol. The Labute approximate surface area is 148 Å². The highest BCUT2D eigenvalue weighted by molar-refractivity contribution is 5.80. The molecule has 1 aliphatic heterocycles. The highest BCUT2D eigenvalue weighted by atomic mass is 16.2. The van der Waals surface area contributed by atoms with Gasteiger partial charge in [-0.15, -0.1) is 0 Å². The highest BCUT2D eigenvalue weighted by Gasteiger charge is 2.31. The molecule has 0 unspecified atom stereocenters. The molecule has 2 aromatic rings. The molecule has 0 saturated heterocycles. The number of anilines is 1. The van der Waals surface area contributed by atoms with Crippen LogP contribution < -0.4 is 4.90 Å². The third-order valence-corrected chi connectivity index (χ3v) is 5.26. The zero-order valence-corrected chi connectivity index (χ0v) is 14.7. The van der Waals surface area contributed by atoms with Gasteiger partial charge in [-0.3, -0.25) is 9.78 Å². The van der Waals surface area contributed by atoms with Crippen molar-refractivity contribution in [1.82, 2.24) is 14.9 Å². The summed E-state index contributed by atoms with van der Waals surface area (Å²) in [5.74, 6) is 1.57. The zero-order chi connectivity index (χ0) is 17.2. The number of hydrogen-bond donors (Lipinski definition) is 0. The number of fused-ring (bicyclic) bond motifs is 1. The fourth-order valence-electron chi connectivity index (χ4n) is 3.57. The number of hydrogen-bond acceptors (Lipinski definition) is 4. The van der Waals surface area contributed by atoms with Crippen LogP contribution in [0.3, 0.4) is 0 Å². The lowest BCUT2D eigenvalue weighted by molar-refractivity contribution is -0.138. The third kappa shape index (κ3) is 3.36. The number of carbonyl (C=O) groups excluding carboxylic acids is 1. The van der Waals surface area contributed by atoms with E-state index < -0.39 is 0 Å². The van der Waals surface area contributed by atoms with Crippen molar-refractivity contribution in [2.75, 3.05) is 18.0 Å². The lowest BCUT2D eigenvalue weighted by atomic mass is 9.84. The number of pyridine rings is 2. The summed E-state index contributed by atoms with van der Waals surface area (Å²) >= 11 is 0. The van der Waals surface area contributed by atoms with Gasteiger partial charge in [-0.2, -0.15) is 0 Å². The van der Waals surface area contributed by atoms with E-state index >= 15 is 0 Å². The first kappa shape index (κ1) is 16.1. The maximum Gasteiger partial charge on any atom is 0.226 e. The van der Waals surface area contributed by atoms with Gasteiger partial charge in [0.05, 0.1) is 0 Å². The van der Waals surface area contributed by atoms with Gasteiger partial charge in [-0.25, -0.2) is 4.98 Å². The summed E-state index contributed by atoms with van der Waals surface area (Å²) in [5.41, 5.74) is 3.31. The summed E-state index contributed by atoms with van der Waals surface area (Å²) < 4.78 is 0. The second-order valence-electron chi connectivity index (χ2n) is 7.11. The minimum atomic E-state index is 0.242. The molecule has 1 amide bonds. The van der Waals surface area contributed by atoms with E-state index in [-0.39, 0.29) is 5.92 Å². The largest absolute Gasteiger partial charge is 0.350 e. The van der Waals surface area contributed by atoms with E-state index in [1.807, 2.05) is 30.2 Å². The molecule has 0 atom stereocenters. The van der Waals surface area contributed by atoms with Crippen LogP contribution in [-0.2, 0) is 17.9 Å². The topological polar surface area (TPSA) is 49.3 Å². The third-order valence-electron chi connectivity index (χ3n) is 5.26. The first-order valence-electron chi connectivity index (χ1n) is 9.10. The molecule has 4 rings (SSSR count). The molecule has 25 heavy (non-hydrogen) atoms. The quantitative estimate of drug-likeness (QED) is 0.865. The van der Waals surface area contributed by atoms with E-state index in [4.69, 9.17) is 4.98 Å². The molecule has 2 aliphatic rings. The van der Waals surface area contributed by atoms with Crippen molar-refractivity contribution >= 4 is 11.7 Å². The Hall–Kier alpha value is -2.43. The van der Waals surface area contributed by atoms with Gasteiger partial charge in [0.25, 0.3) is 0 Å². The van der Waals surface area contributed by atoms with Gasteiger partial charge in [0.15, 0.2) is 0 Å². The van der Waals surface area contributed by atoms with E-state index in [1.54, 1.807) is 6.20 Å². The molecule has 0 bridgehead atoms. The van der Waals surface area contributed by atoms with E-state index in [0.29, 0.717) is 12.5 Å². The number of amides is 1. The Morgan fingerprint density at radius 2 is 2.12 bits per heavy atom. The van der Waals surface area contributed by atoms with Gasteiger partial charge < -0.3 is 9.80 Å². The first-order valence-corrected chi connectivity index (χ1v) is 9.10. The molecule has 1 fully saturated rings. The van der Waals surface area contributed by atoms with Crippen LogP contribution >= 0.6 is 0 Å². The fraction of sp³-hybridized carbons (Fsp3) is 0.450. The van der Waals surface area contributed by atoms with Crippen molar-refractivity contribution in [2.45, 2.75) is 39.3 Å². The van der Waals surface area contributed by atoms with E-state index in [2.05, 4.69) is 22.0 Å². The molecule has 2 aromatic heterocycles. The molecule has 1 saturated carbocycles. The normalized spacial score (nSPS) is 17.6. The Bertz CT molecular complexity index is 758. The van der Waals surface area contributed by atoms with Gasteiger partial charge >= 0.3 is 0 Å². The van der Waals surface area contributed by atoms with Crippen molar-refractivity contribution in [3.05, 3.63) is 53.5 Å². The standard InChI is InChI=1S/C20H24N4O/c1-15-7-8-18-14-24(20(25)17-5-2-6-17)11-10-23(19(18)22-15)13-16-4-3-9-21-12-16/h3-4,7-9,12,17H,2,5-6,10-11,13-14H2,1H3. The molecule has 130 valence electrons. The SMILES string of the molecule is Cc1ccc2c(n1)N(Cc1cccnc1)CCN(C(=O)C1CCC1)C2. The van der Waals surface area contributed by atoms with Gasteiger partial charge in [0, 0.05) is 55.7 Å². The van der Waals surface area contributed by atoms with Gasteiger partial charge in [-0.05, 0) is 37.5 Å². The van der Waals surface area contributed by atoms with Crippen molar-refractivity contribution in [3.63, 3.8) is 0 Å². The van der Waals surface area contributed by atoms with E-state index in [0.717, 1.165) is 55.1 Å². The molecule has 3 heterocycles. The monoisotopic (exact) mass is 336 g/mol. The predicted octanol–water partition coefficient (Wildman–Crippen LogP) is 2.93. The maximum atomic E-state index is 12.8. The average Bonchev–Trinajstić information content (AvgIpc) is 2.74. The molecule has 0 aromatic carbocycles. The van der Waals surface area contributed by atoms with E-state index in [1.165, 1.54) is 6.42 Å². The molecule has 5 nitrogen and oxygen atoms in total. The molecule has 0 spiro atoms. The fourth-order valence-corrected chi connectivity index (χ4v) is 3.57. The second-order valence-corrected chi connectivity index (χ2v) is 7.11. The van der Waals surface area contributed by atoms with Crippen molar-refractivity contribution in [1.29, 1.82) is 0 Å². The lowest BCUT2D eigenvalue weighted by Gasteiger charge is -2.31. The second kappa shape index (κ2) is 6.82. The van der Waals surface area contributed by atoms with Crippen LogP contribution in [0.2, 0.25) is 0 Å². The Balaban J connectivity index is 1.61. The van der Waals surface area contributed by atoms with Crippen molar-refractivity contribution in [3.8, 4) is 0 Å². The summed E-state index contributed by atoms with van der Waals surface area (Å²) in [7, 11) is 0. The van der Waals surface area contributed by atoms with Crippen LogP contribution in [0.15, 0.2) is 36.7 Å². The zero-order valence-electron chi connectivity index (χ0n) is 14.7. The van der Waals surface area contributed by atoms with Crippen LogP contribution in [0, 0.1) is 12.8 Å². The van der Waals surface area contributed by atoms with Crippen LogP contribution in [0.25, 0.3) is 0 Å². The van der Waals surface area contributed by atoms with E-state index in [9.17, 15) is 4.79 Å². The highest BCUT2D eigenvalue weighted by Crippen LogP contribution is 2.31. The summed E-state index contributed by atoms with van der Waals surface area (Å²) in [6, 6.07) is 8.22. The lowest BCUT2D eigenvalue weighted by Crippen LogP contribution is -2.40. The summed E-state index contributed by atoms with van der Waals surface area (Å²) in [5, 5.41) is 0. The van der Waals surface area contributed by atoms with Crippen LogP contribution in [-0.4, -0.2) is 33.9 Å². The smallest absolute Gasteiger partial charge is 0.226 e. The number of carbonyl (C=O) groups is 1. The van der Waals surface area contributed by atoms with Crippen LogP contribution in [0.5, 0.6) is 0 Å². The molecular formula is C20H24N4O. The maximum absolute atomic E-state index is 12.8. The molecule has 0 N–H and O–H groups in total. The van der Waals surface area contributed by atoms with Crippen molar-refractivity contribution in [2.24, 2.45) is 5.92 Å². The van der Waals surface area contributed by atoms with Crippen molar-refractivity contribution < 1.29 is 4.79 Å². The van der Waals surface area contributed by atoms with Crippen LogP contribution in [0.4, 0.5) is 5.82 Å². The molecule has 5 heteroatoms. The number of nitrogens with zero attached hydrogens (tertiary/aromatic N) is 4. The average molecular weight is 336 g/mol. The number of rotatable bonds is 3. The summed E-state index contributed by atoms with van der Waals surface area (Å²) in [6.45, 7) is 5.01. The predicted molar refractivity (Wildman–Crippen MR) is 97.0 cm³/mol. The van der Waals surface area contributed by atoms with Gasteiger partial charge in [0.1, 0.15) is 5.82 Å². The number of aryl methyl sites for hydroxylation is 1. The van der Waals surface area contributed by atoms with Gasteiger partial charge in [-0.1, -0.05) is 18.6 Å².